The van der Waals surface area contributed by atoms with Crippen molar-refractivity contribution in [1.82, 2.24) is 0 Å². The number of hydrogen-bond acceptors (Lipinski definition) is 2. The molecule has 3 heteroatoms. The van der Waals surface area contributed by atoms with Crippen LogP contribution in [0.25, 0.3) is 0 Å². The summed E-state index contributed by atoms with van der Waals surface area (Å²) in [5, 5.41) is 2.93. The van der Waals surface area contributed by atoms with Crippen molar-refractivity contribution >= 4 is 11.6 Å². The van der Waals surface area contributed by atoms with Gasteiger partial charge in [0.1, 0.15) is 5.75 Å². The third-order valence-corrected chi connectivity index (χ3v) is 4.87. The lowest BCUT2D eigenvalue weighted by Crippen LogP contribution is -2.14. The highest BCUT2D eigenvalue weighted by Gasteiger charge is 2.13. The summed E-state index contributed by atoms with van der Waals surface area (Å²) in [6.07, 6.45) is 8.40. The molecule has 2 aromatic carbocycles. The van der Waals surface area contributed by atoms with Gasteiger partial charge >= 0.3 is 0 Å². The molecule has 0 atom stereocenters. The minimum Gasteiger partial charge on any atom is -0.494 e. The first-order chi connectivity index (χ1) is 12.3. The molecule has 0 aromatic heterocycles. The van der Waals surface area contributed by atoms with E-state index in [0.717, 1.165) is 35.9 Å². The Bertz CT molecular complexity index is 645. The first-order valence-corrected chi connectivity index (χ1v) is 9.36. The highest BCUT2D eigenvalue weighted by molar-refractivity contribution is 5.92. The van der Waals surface area contributed by atoms with Crippen LogP contribution >= 0.6 is 0 Å². The second-order valence-corrected chi connectivity index (χ2v) is 6.88. The molecular weight excluding hydrogens is 310 g/mol. The molecule has 1 aliphatic rings. The van der Waals surface area contributed by atoms with E-state index in [1.165, 1.54) is 32.1 Å². The maximum absolute atomic E-state index is 12.1. The smallest absolute Gasteiger partial charge is 0.228 e. The van der Waals surface area contributed by atoms with Crippen molar-refractivity contribution in [2.45, 2.75) is 44.9 Å². The van der Waals surface area contributed by atoms with Crippen LogP contribution in [0.2, 0.25) is 0 Å². The van der Waals surface area contributed by atoms with E-state index in [-0.39, 0.29) is 5.91 Å². The largest absolute Gasteiger partial charge is 0.494 e. The van der Waals surface area contributed by atoms with E-state index in [0.29, 0.717) is 6.42 Å². The fourth-order valence-corrected chi connectivity index (χ4v) is 3.44. The Balaban J connectivity index is 1.41. The number of nitrogens with one attached hydrogen (secondary N) is 1. The summed E-state index contributed by atoms with van der Waals surface area (Å²) in [7, 11) is 0. The maximum atomic E-state index is 12.1. The van der Waals surface area contributed by atoms with E-state index >= 15 is 0 Å². The van der Waals surface area contributed by atoms with Gasteiger partial charge in [0.25, 0.3) is 0 Å². The molecule has 1 aliphatic carbocycles. The quantitative estimate of drug-likeness (QED) is 0.752. The van der Waals surface area contributed by atoms with E-state index in [9.17, 15) is 4.79 Å². The third kappa shape index (κ3) is 5.93. The van der Waals surface area contributed by atoms with E-state index in [2.05, 4.69) is 5.32 Å². The van der Waals surface area contributed by atoms with Crippen LogP contribution in [-0.4, -0.2) is 12.5 Å². The van der Waals surface area contributed by atoms with Gasteiger partial charge in [0.2, 0.25) is 5.91 Å². The summed E-state index contributed by atoms with van der Waals surface area (Å²) < 4.78 is 5.85. The molecule has 0 radical (unpaired) electrons. The molecule has 0 unspecified atom stereocenters. The van der Waals surface area contributed by atoms with Crippen LogP contribution in [0.5, 0.6) is 5.75 Å². The van der Waals surface area contributed by atoms with Crippen LogP contribution in [-0.2, 0) is 11.2 Å². The highest BCUT2D eigenvalue weighted by atomic mass is 16.5. The zero-order valence-electron chi connectivity index (χ0n) is 14.7. The third-order valence-electron chi connectivity index (χ3n) is 4.87. The van der Waals surface area contributed by atoms with E-state index in [4.69, 9.17) is 4.74 Å². The molecule has 132 valence electrons. The predicted molar refractivity (Wildman–Crippen MR) is 102 cm³/mol. The SMILES string of the molecule is O=C(Cc1ccccc1)Nc1ccc(OCCC2CCCCC2)cc1. The summed E-state index contributed by atoms with van der Waals surface area (Å²) in [5.41, 5.74) is 1.82. The summed E-state index contributed by atoms with van der Waals surface area (Å²) in [4.78, 5) is 12.1. The summed E-state index contributed by atoms with van der Waals surface area (Å²) >= 11 is 0. The Morgan fingerprint density at radius 1 is 0.960 bits per heavy atom. The zero-order chi connectivity index (χ0) is 17.3. The maximum Gasteiger partial charge on any atom is 0.228 e. The number of benzene rings is 2. The van der Waals surface area contributed by atoms with Crippen molar-refractivity contribution < 1.29 is 9.53 Å². The highest BCUT2D eigenvalue weighted by Crippen LogP contribution is 2.26. The van der Waals surface area contributed by atoms with Crippen molar-refractivity contribution in [2.75, 3.05) is 11.9 Å². The van der Waals surface area contributed by atoms with E-state index in [1.807, 2.05) is 54.6 Å². The molecule has 0 heterocycles. The molecule has 3 rings (SSSR count). The van der Waals surface area contributed by atoms with Gasteiger partial charge in [0.15, 0.2) is 0 Å². The lowest BCUT2D eigenvalue weighted by atomic mass is 9.87. The summed E-state index contributed by atoms with van der Waals surface area (Å²) in [6.45, 7) is 0.782. The van der Waals surface area contributed by atoms with Gasteiger partial charge in [-0.3, -0.25) is 4.79 Å². The molecule has 25 heavy (non-hydrogen) atoms. The molecule has 1 saturated carbocycles. The summed E-state index contributed by atoms with van der Waals surface area (Å²) in [5.74, 6) is 1.71. The van der Waals surface area contributed by atoms with Crippen LogP contribution in [0.1, 0.15) is 44.1 Å². The predicted octanol–water partition coefficient (Wildman–Crippen LogP) is 5.22. The number of rotatable bonds is 7. The van der Waals surface area contributed by atoms with E-state index in [1.54, 1.807) is 0 Å². The average Bonchev–Trinajstić information content (AvgIpc) is 2.65. The first kappa shape index (κ1) is 17.5. The molecule has 1 amide bonds. The number of anilines is 1. The Morgan fingerprint density at radius 2 is 1.68 bits per heavy atom. The molecule has 3 nitrogen and oxygen atoms in total. The minimum absolute atomic E-state index is 0.00262. The number of ether oxygens (including phenoxy) is 1. The second kappa shape index (κ2) is 9.26. The lowest BCUT2D eigenvalue weighted by Gasteiger charge is -2.21. The van der Waals surface area contributed by atoms with Gasteiger partial charge in [0.05, 0.1) is 13.0 Å². The molecule has 2 aromatic rings. The Morgan fingerprint density at radius 3 is 2.40 bits per heavy atom. The van der Waals surface area contributed by atoms with Crippen LogP contribution in [0.4, 0.5) is 5.69 Å². The van der Waals surface area contributed by atoms with Gasteiger partial charge in [-0.15, -0.1) is 0 Å². The Kier molecular flexibility index (Phi) is 6.49. The second-order valence-electron chi connectivity index (χ2n) is 6.88. The van der Waals surface area contributed by atoms with Gasteiger partial charge in [-0.25, -0.2) is 0 Å². The monoisotopic (exact) mass is 337 g/mol. The molecule has 0 aliphatic heterocycles. The molecule has 0 saturated heterocycles. The fourth-order valence-electron chi connectivity index (χ4n) is 3.44. The topological polar surface area (TPSA) is 38.3 Å². The lowest BCUT2D eigenvalue weighted by molar-refractivity contribution is -0.115. The molecule has 0 bridgehead atoms. The van der Waals surface area contributed by atoms with Crippen molar-refractivity contribution in [3.05, 3.63) is 60.2 Å². The Labute approximate surface area is 150 Å². The molecule has 1 N–H and O–H groups in total. The van der Waals surface area contributed by atoms with Gasteiger partial charge in [0, 0.05) is 5.69 Å². The minimum atomic E-state index is -0.00262. The Hall–Kier alpha value is -2.29. The fraction of sp³-hybridized carbons (Fsp3) is 0.409. The van der Waals surface area contributed by atoms with Crippen LogP contribution in [0.3, 0.4) is 0 Å². The normalized spacial score (nSPS) is 14.9. The van der Waals surface area contributed by atoms with Crippen molar-refractivity contribution in [1.29, 1.82) is 0 Å². The molecule has 1 fully saturated rings. The standard InChI is InChI=1S/C22H27NO2/c24-22(17-19-9-5-2-6-10-19)23-20-11-13-21(14-12-20)25-16-15-18-7-3-1-4-8-18/h2,5-6,9-14,18H,1,3-4,7-8,15-17H2,(H,23,24). The van der Waals surface area contributed by atoms with Crippen LogP contribution in [0, 0.1) is 5.92 Å². The molecule has 0 spiro atoms. The summed E-state index contributed by atoms with van der Waals surface area (Å²) in [6, 6.07) is 17.4. The number of carbonyl (C=O) groups is 1. The van der Waals surface area contributed by atoms with Gasteiger partial charge in [-0.2, -0.15) is 0 Å². The number of hydrogen-bond donors (Lipinski definition) is 1. The van der Waals surface area contributed by atoms with Crippen molar-refractivity contribution in [2.24, 2.45) is 5.92 Å². The van der Waals surface area contributed by atoms with Crippen molar-refractivity contribution in [3.63, 3.8) is 0 Å². The van der Waals surface area contributed by atoms with Gasteiger partial charge in [-0.1, -0.05) is 62.4 Å². The number of amides is 1. The molecular formula is C22H27NO2. The average molecular weight is 337 g/mol. The van der Waals surface area contributed by atoms with Gasteiger partial charge < -0.3 is 10.1 Å². The van der Waals surface area contributed by atoms with E-state index < -0.39 is 0 Å². The first-order valence-electron chi connectivity index (χ1n) is 9.36. The van der Waals surface area contributed by atoms with Gasteiger partial charge in [-0.05, 0) is 42.2 Å². The number of carbonyl (C=O) groups excluding carboxylic acids is 1. The van der Waals surface area contributed by atoms with Crippen LogP contribution < -0.4 is 10.1 Å². The zero-order valence-corrected chi connectivity index (χ0v) is 14.7. The van der Waals surface area contributed by atoms with Crippen molar-refractivity contribution in [3.8, 4) is 5.75 Å². The van der Waals surface area contributed by atoms with Crippen LogP contribution in [0.15, 0.2) is 54.6 Å².